The molecule has 1 amide bonds. The van der Waals surface area contributed by atoms with E-state index >= 15 is 0 Å². The van der Waals surface area contributed by atoms with Crippen LogP contribution < -0.4 is 5.73 Å². The van der Waals surface area contributed by atoms with Crippen molar-refractivity contribution in [1.29, 1.82) is 0 Å². The molecule has 1 fully saturated rings. The quantitative estimate of drug-likeness (QED) is 0.640. The van der Waals surface area contributed by atoms with Crippen LogP contribution >= 0.6 is 0 Å². The summed E-state index contributed by atoms with van der Waals surface area (Å²) in [5, 5.41) is 0. The minimum atomic E-state index is -4.52. The van der Waals surface area contributed by atoms with Gasteiger partial charge in [-0.25, -0.2) is 9.97 Å². The number of nitrogens with two attached hydrogens (primary N) is 1. The van der Waals surface area contributed by atoms with Crippen molar-refractivity contribution < 1.29 is 22.7 Å². The van der Waals surface area contributed by atoms with E-state index in [2.05, 4.69) is 15.0 Å². The number of anilines is 1. The van der Waals surface area contributed by atoms with Crippen molar-refractivity contribution in [1.82, 2.24) is 19.9 Å². The van der Waals surface area contributed by atoms with Gasteiger partial charge < -0.3 is 15.4 Å². The lowest BCUT2D eigenvalue weighted by Gasteiger charge is -2.30. The highest BCUT2D eigenvalue weighted by molar-refractivity contribution is 5.72. The zero-order chi connectivity index (χ0) is 22.0. The summed E-state index contributed by atoms with van der Waals surface area (Å²) in [5.41, 5.74) is 7.67. The molecule has 3 heterocycles. The number of carbonyl (C=O) groups excluding carboxylic acids is 1. The summed E-state index contributed by atoms with van der Waals surface area (Å²) in [4.78, 5) is 24.7. The summed E-state index contributed by atoms with van der Waals surface area (Å²) < 4.78 is 44.0. The fourth-order valence-corrected chi connectivity index (χ4v) is 3.29. The van der Waals surface area contributed by atoms with Crippen molar-refractivity contribution in [2.75, 3.05) is 25.4 Å². The predicted molar refractivity (Wildman–Crippen MR) is 106 cm³/mol. The second-order valence-electron chi connectivity index (χ2n) is 7.00. The van der Waals surface area contributed by atoms with Crippen LogP contribution in [0.15, 0.2) is 48.8 Å². The Labute approximate surface area is 175 Å². The lowest BCUT2D eigenvalue weighted by atomic mass is 10.0. The van der Waals surface area contributed by atoms with Crippen LogP contribution in [0.2, 0.25) is 0 Å². The fraction of sp³-hybridized carbons (Fsp3) is 0.238. The number of benzene rings is 1. The highest BCUT2D eigenvalue weighted by Crippen LogP contribution is 2.31. The van der Waals surface area contributed by atoms with E-state index in [0.29, 0.717) is 31.0 Å². The van der Waals surface area contributed by atoms with Crippen molar-refractivity contribution in [2.45, 2.75) is 12.3 Å². The van der Waals surface area contributed by atoms with Crippen molar-refractivity contribution in [3.63, 3.8) is 0 Å². The maximum absolute atomic E-state index is 12.8. The standard InChI is InChI=1S/C21H18F3N5O2/c22-21(23,24)18-6-5-15(9-26-18)19-20(25)27-10-16(28-19)13-1-3-14(4-2-13)17-11-29(12-30)7-8-31-17/h1-6,9-10,12,17H,7-8,11H2,(H2,25,27). The predicted octanol–water partition coefficient (Wildman–Crippen LogP) is 3.34. The minimum absolute atomic E-state index is 0.0893. The second kappa shape index (κ2) is 8.31. The zero-order valence-corrected chi connectivity index (χ0v) is 16.2. The monoisotopic (exact) mass is 429 g/mol. The van der Waals surface area contributed by atoms with Gasteiger partial charge in [-0.1, -0.05) is 24.3 Å². The molecule has 0 spiro atoms. The maximum Gasteiger partial charge on any atom is 0.433 e. The average molecular weight is 429 g/mol. The van der Waals surface area contributed by atoms with Gasteiger partial charge >= 0.3 is 6.18 Å². The highest BCUT2D eigenvalue weighted by Gasteiger charge is 2.32. The summed E-state index contributed by atoms with van der Waals surface area (Å²) in [5.74, 6) is 0.0893. The molecule has 1 aliphatic rings. The van der Waals surface area contributed by atoms with Crippen molar-refractivity contribution >= 4 is 12.2 Å². The molecular formula is C21H18F3N5O2. The molecule has 1 aromatic carbocycles. The van der Waals surface area contributed by atoms with Gasteiger partial charge in [-0.15, -0.1) is 0 Å². The molecule has 10 heteroatoms. The van der Waals surface area contributed by atoms with Gasteiger partial charge in [0.2, 0.25) is 6.41 Å². The number of hydrogen-bond donors (Lipinski definition) is 1. The molecular weight excluding hydrogens is 411 g/mol. The Hall–Kier alpha value is -3.53. The first kappa shape index (κ1) is 20.7. The van der Waals surface area contributed by atoms with E-state index in [0.717, 1.165) is 29.8 Å². The largest absolute Gasteiger partial charge is 0.433 e. The molecule has 160 valence electrons. The van der Waals surface area contributed by atoms with Crippen molar-refractivity contribution in [2.24, 2.45) is 0 Å². The molecule has 3 aromatic rings. The Morgan fingerprint density at radius 1 is 1.06 bits per heavy atom. The van der Waals surface area contributed by atoms with E-state index in [4.69, 9.17) is 10.5 Å². The van der Waals surface area contributed by atoms with Crippen LogP contribution in [0.25, 0.3) is 22.5 Å². The molecule has 0 saturated carbocycles. The molecule has 1 saturated heterocycles. The number of rotatable bonds is 4. The molecule has 0 aliphatic carbocycles. The molecule has 31 heavy (non-hydrogen) atoms. The summed E-state index contributed by atoms with van der Waals surface area (Å²) in [6.07, 6.45) is -1.35. The first-order valence-electron chi connectivity index (χ1n) is 9.42. The number of morpholine rings is 1. The van der Waals surface area contributed by atoms with E-state index < -0.39 is 11.9 Å². The van der Waals surface area contributed by atoms with E-state index in [9.17, 15) is 18.0 Å². The fourth-order valence-electron chi connectivity index (χ4n) is 3.29. The molecule has 4 rings (SSSR count). The van der Waals surface area contributed by atoms with Crippen LogP contribution in [0.5, 0.6) is 0 Å². The van der Waals surface area contributed by atoms with Crippen LogP contribution in [0.1, 0.15) is 17.4 Å². The first-order chi connectivity index (χ1) is 14.8. The lowest BCUT2D eigenvalue weighted by molar-refractivity contribution is -0.141. The third kappa shape index (κ3) is 4.48. The highest BCUT2D eigenvalue weighted by atomic mass is 19.4. The molecule has 1 aliphatic heterocycles. The van der Waals surface area contributed by atoms with Gasteiger partial charge in [-0.05, 0) is 17.7 Å². The Morgan fingerprint density at radius 2 is 1.81 bits per heavy atom. The summed E-state index contributed by atoms with van der Waals surface area (Å²) in [6.45, 7) is 1.52. The number of carbonyl (C=O) groups is 1. The maximum atomic E-state index is 12.8. The second-order valence-corrected chi connectivity index (χ2v) is 7.00. The average Bonchev–Trinajstić information content (AvgIpc) is 2.79. The van der Waals surface area contributed by atoms with Crippen molar-refractivity contribution in [3.8, 4) is 22.5 Å². The van der Waals surface area contributed by atoms with Gasteiger partial charge in [0.05, 0.1) is 25.0 Å². The summed E-state index contributed by atoms with van der Waals surface area (Å²) in [7, 11) is 0. The van der Waals surface area contributed by atoms with Gasteiger partial charge in [0.25, 0.3) is 0 Å². The molecule has 2 N–H and O–H groups in total. The smallest absolute Gasteiger partial charge is 0.382 e. The molecule has 0 bridgehead atoms. The number of ether oxygens (including phenoxy) is 1. The van der Waals surface area contributed by atoms with Gasteiger partial charge in [0.1, 0.15) is 23.3 Å². The molecule has 1 atom stereocenters. The summed E-state index contributed by atoms with van der Waals surface area (Å²) >= 11 is 0. The van der Waals surface area contributed by atoms with E-state index in [-0.39, 0.29) is 17.6 Å². The third-order valence-electron chi connectivity index (χ3n) is 4.95. The molecule has 7 nitrogen and oxygen atoms in total. The normalized spacial score (nSPS) is 16.9. The van der Waals surface area contributed by atoms with E-state index in [1.807, 2.05) is 24.3 Å². The number of nitrogens with zero attached hydrogens (tertiary/aromatic N) is 4. The zero-order valence-electron chi connectivity index (χ0n) is 16.2. The van der Waals surface area contributed by atoms with Crippen LogP contribution in [0.3, 0.4) is 0 Å². The molecule has 2 aromatic heterocycles. The Kier molecular flexibility index (Phi) is 5.55. The third-order valence-corrected chi connectivity index (χ3v) is 4.95. The number of halogens is 3. The van der Waals surface area contributed by atoms with Crippen LogP contribution in [-0.4, -0.2) is 46.0 Å². The SMILES string of the molecule is Nc1ncc(-c2ccc(C3CN(C=O)CCO3)cc2)nc1-c1ccc(C(F)(F)F)nc1. The van der Waals surface area contributed by atoms with Gasteiger partial charge in [0, 0.05) is 23.9 Å². The number of amides is 1. The van der Waals surface area contributed by atoms with E-state index in [1.165, 1.54) is 12.3 Å². The van der Waals surface area contributed by atoms with Crippen LogP contribution in [-0.2, 0) is 15.7 Å². The van der Waals surface area contributed by atoms with Gasteiger partial charge in [-0.2, -0.15) is 13.2 Å². The molecule has 0 radical (unpaired) electrons. The number of alkyl halides is 3. The van der Waals surface area contributed by atoms with Gasteiger partial charge in [-0.3, -0.25) is 9.78 Å². The molecule has 1 unspecified atom stereocenters. The lowest BCUT2D eigenvalue weighted by Crippen LogP contribution is -2.37. The Morgan fingerprint density at radius 3 is 2.45 bits per heavy atom. The number of pyridine rings is 1. The van der Waals surface area contributed by atoms with E-state index in [1.54, 1.807) is 4.90 Å². The first-order valence-corrected chi connectivity index (χ1v) is 9.42. The number of nitrogen functional groups attached to an aromatic ring is 1. The van der Waals surface area contributed by atoms with Crippen LogP contribution in [0.4, 0.5) is 19.0 Å². The number of hydrogen-bond acceptors (Lipinski definition) is 6. The topological polar surface area (TPSA) is 94.2 Å². The number of aromatic nitrogens is 3. The Balaban J connectivity index is 1.59. The van der Waals surface area contributed by atoms with Gasteiger partial charge in [0.15, 0.2) is 0 Å². The van der Waals surface area contributed by atoms with Crippen molar-refractivity contribution in [3.05, 3.63) is 60.0 Å². The van der Waals surface area contributed by atoms with Crippen LogP contribution in [0, 0.1) is 0 Å². The minimum Gasteiger partial charge on any atom is -0.382 e. The Bertz CT molecular complexity index is 1070. The summed E-state index contributed by atoms with van der Waals surface area (Å²) in [6, 6.07) is 9.59.